The maximum absolute atomic E-state index is 12.4. The van der Waals surface area contributed by atoms with Gasteiger partial charge in [-0.3, -0.25) is 4.79 Å². The van der Waals surface area contributed by atoms with Crippen molar-refractivity contribution in [2.45, 2.75) is 6.35 Å². The predicted octanol–water partition coefficient (Wildman–Crippen LogP) is 0.0656. The largest absolute Gasteiger partial charge is 0.507 e. The summed E-state index contributed by atoms with van der Waals surface area (Å²) in [7, 11) is 3.11. The number of aryl methyl sites for hydroxylation is 1. The molecule has 1 amide bonds. The van der Waals surface area contributed by atoms with Crippen LogP contribution in [-0.2, 0) is 11.9 Å². The molecule has 0 fully saturated rings. The maximum atomic E-state index is 12.4. The number of fused-ring (bicyclic) bond motifs is 1. The summed E-state index contributed by atoms with van der Waals surface area (Å²) in [6.45, 7) is 0. The van der Waals surface area contributed by atoms with Gasteiger partial charge in [-0.15, -0.1) is 5.06 Å². The normalized spacial score (nSPS) is 17.2. The SMILES string of the molecule is CN1c2ncn(C)c2C(=O)N(OC(=O)c2ccccc2O)[C@@H]1O. The average molecular weight is 318 g/mol. The summed E-state index contributed by atoms with van der Waals surface area (Å²) in [5.74, 6) is -1.69. The van der Waals surface area contributed by atoms with Crippen LogP contribution < -0.4 is 4.90 Å². The van der Waals surface area contributed by atoms with E-state index in [9.17, 15) is 19.8 Å². The van der Waals surface area contributed by atoms with Crippen molar-refractivity contribution in [3.8, 4) is 5.75 Å². The van der Waals surface area contributed by atoms with Crippen molar-refractivity contribution >= 4 is 17.7 Å². The summed E-state index contributed by atoms with van der Waals surface area (Å²) in [4.78, 5) is 34.9. The second-order valence-corrected chi connectivity index (χ2v) is 5.01. The minimum absolute atomic E-state index is 0.119. The number of nitrogens with zero attached hydrogens (tertiary/aromatic N) is 4. The van der Waals surface area contributed by atoms with Crippen molar-refractivity contribution in [1.29, 1.82) is 0 Å². The Labute approximate surface area is 130 Å². The van der Waals surface area contributed by atoms with Crippen molar-refractivity contribution in [2.75, 3.05) is 11.9 Å². The van der Waals surface area contributed by atoms with Gasteiger partial charge in [-0.05, 0) is 12.1 Å². The van der Waals surface area contributed by atoms with Crippen LogP contribution in [-0.4, -0.2) is 50.1 Å². The molecule has 2 aromatic rings. The molecule has 2 N–H and O–H groups in total. The van der Waals surface area contributed by atoms with E-state index < -0.39 is 18.2 Å². The Bertz CT molecular complexity index is 787. The third-order valence-corrected chi connectivity index (χ3v) is 3.52. The number of rotatable bonds is 2. The van der Waals surface area contributed by atoms with Crippen LogP contribution in [0, 0.1) is 0 Å². The lowest BCUT2D eigenvalue weighted by Crippen LogP contribution is -2.54. The van der Waals surface area contributed by atoms with Crippen LogP contribution in [0.2, 0.25) is 0 Å². The van der Waals surface area contributed by atoms with Gasteiger partial charge >= 0.3 is 11.9 Å². The first-order chi connectivity index (χ1) is 10.9. The van der Waals surface area contributed by atoms with E-state index in [0.29, 0.717) is 5.06 Å². The van der Waals surface area contributed by atoms with Gasteiger partial charge < -0.3 is 24.5 Å². The Morgan fingerprint density at radius 1 is 1.30 bits per heavy atom. The van der Waals surface area contributed by atoms with Gasteiger partial charge in [-0.1, -0.05) is 12.1 Å². The molecule has 9 nitrogen and oxygen atoms in total. The van der Waals surface area contributed by atoms with E-state index in [0.717, 1.165) is 0 Å². The minimum atomic E-state index is -1.53. The van der Waals surface area contributed by atoms with E-state index in [1.54, 1.807) is 13.1 Å². The van der Waals surface area contributed by atoms with Gasteiger partial charge in [-0.2, -0.15) is 0 Å². The molecular formula is C14H14N4O5. The van der Waals surface area contributed by atoms with Crippen LogP contribution in [0.5, 0.6) is 5.75 Å². The molecule has 120 valence electrons. The van der Waals surface area contributed by atoms with Crippen LogP contribution in [0.3, 0.4) is 0 Å². The van der Waals surface area contributed by atoms with Crippen LogP contribution in [0.1, 0.15) is 20.8 Å². The van der Waals surface area contributed by atoms with E-state index in [-0.39, 0.29) is 22.8 Å². The molecule has 3 rings (SSSR count). The fourth-order valence-electron chi connectivity index (χ4n) is 2.27. The van der Waals surface area contributed by atoms with Crippen molar-refractivity contribution in [1.82, 2.24) is 14.6 Å². The third kappa shape index (κ3) is 2.27. The Morgan fingerprint density at radius 3 is 2.70 bits per heavy atom. The highest BCUT2D eigenvalue weighted by molar-refractivity contribution is 6.00. The molecule has 23 heavy (non-hydrogen) atoms. The number of aliphatic hydroxyl groups is 1. The molecule has 2 heterocycles. The molecule has 0 bridgehead atoms. The molecule has 1 aliphatic heterocycles. The summed E-state index contributed by atoms with van der Waals surface area (Å²) in [5, 5.41) is 20.4. The van der Waals surface area contributed by atoms with Crippen LogP contribution in [0.15, 0.2) is 30.6 Å². The monoisotopic (exact) mass is 318 g/mol. The molecule has 0 radical (unpaired) electrons. The fourth-order valence-corrected chi connectivity index (χ4v) is 2.27. The second kappa shape index (κ2) is 5.29. The van der Waals surface area contributed by atoms with E-state index in [4.69, 9.17) is 4.84 Å². The Hall–Kier alpha value is -3.07. The summed E-state index contributed by atoms with van der Waals surface area (Å²) in [5.41, 5.74) is 0.0499. The summed E-state index contributed by atoms with van der Waals surface area (Å²) < 4.78 is 1.46. The lowest BCUT2D eigenvalue weighted by Gasteiger charge is -2.36. The topological polar surface area (TPSA) is 108 Å². The quantitative estimate of drug-likeness (QED) is 0.806. The van der Waals surface area contributed by atoms with Gasteiger partial charge in [-0.25, -0.2) is 9.78 Å². The van der Waals surface area contributed by atoms with Crippen molar-refractivity contribution in [3.05, 3.63) is 41.9 Å². The molecule has 0 unspecified atom stereocenters. The number of hydroxylamine groups is 2. The van der Waals surface area contributed by atoms with Crippen LogP contribution >= 0.6 is 0 Å². The van der Waals surface area contributed by atoms with Gasteiger partial charge in [0.2, 0.25) is 6.35 Å². The first-order valence-electron chi connectivity index (χ1n) is 6.68. The number of hydrogen-bond acceptors (Lipinski definition) is 7. The van der Waals surface area contributed by atoms with E-state index in [2.05, 4.69) is 4.98 Å². The molecule has 1 aliphatic rings. The number of benzene rings is 1. The molecule has 0 spiro atoms. The number of phenolic OH excluding ortho intramolecular Hbond substituents is 1. The lowest BCUT2D eigenvalue weighted by atomic mass is 10.2. The predicted molar refractivity (Wildman–Crippen MR) is 77.3 cm³/mol. The number of amides is 1. The Kier molecular flexibility index (Phi) is 3.41. The van der Waals surface area contributed by atoms with E-state index in [1.165, 1.54) is 41.0 Å². The van der Waals surface area contributed by atoms with Crippen LogP contribution in [0.4, 0.5) is 5.82 Å². The zero-order chi connectivity index (χ0) is 16.7. The lowest BCUT2D eigenvalue weighted by molar-refractivity contribution is -0.165. The number of imidazole rings is 1. The van der Waals surface area contributed by atoms with Crippen molar-refractivity contribution < 1.29 is 24.6 Å². The first kappa shape index (κ1) is 14.9. The maximum Gasteiger partial charge on any atom is 0.367 e. The number of anilines is 1. The van der Waals surface area contributed by atoms with Gasteiger partial charge in [0, 0.05) is 14.1 Å². The summed E-state index contributed by atoms with van der Waals surface area (Å²) in [6.07, 6.45) is -0.111. The second-order valence-electron chi connectivity index (χ2n) is 5.01. The highest BCUT2D eigenvalue weighted by atomic mass is 16.7. The standard InChI is InChI=1S/C14H14N4O5/c1-16-7-15-11-10(16)12(20)18(14(22)17(11)2)23-13(21)8-5-3-4-6-9(8)19/h3-7,14,19,22H,1-2H3/t14-/m1/s1. The van der Waals surface area contributed by atoms with E-state index in [1.807, 2.05) is 0 Å². The number of aromatic nitrogens is 2. The molecule has 9 heteroatoms. The van der Waals surface area contributed by atoms with Crippen LogP contribution in [0.25, 0.3) is 0 Å². The molecule has 1 aromatic carbocycles. The average Bonchev–Trinajstić information content (AvgIpc) is 2.91. The minimum Gasteiger partial charge on any atom is -0.507 e. The molecule has 1 atom stereocenters. The fraction of sp³-hybridized carbons (Fsp3) is 0.214. The molecule has 0 saturated carbocycles. The smallest absolute Gasteiger partial charge is 0.367 e. The number of carbonyl (C=O) groups excluding carboxylic acids is 2. The highest BCUT2D eigenvalue weighted by Gasteiger charge is 2.41. The third-order valence-electron chi connectivity index (χ3n) is 3.52. The molecular weight excluding hydrogens is 304 g/mol. The summed E-state index contributed by atoms with van der Waals surface area (Å²) >= 11 is 0. The van der Waals surface area contributed by atoms with E-state index >= 15 is 0 Å². The molecule has 0 saturated heterocycles. The number of phenols is 1. The Balaban J connectivity index is 1.92. The number of aromatic hydroxyl groups is 1. The number of carbonyl (C=O) groups is 2. The van der Waals surface area contributed by atoms with Gasteiger partial charge in [0.15, 0.2) is 11.5 Å². The number of hydrogen-bond donors (Lipinski definition) is 2. The van der Waals surface area contributed by atoms with Gasteiger partial charge in [0.25, 0.3) is 0 Å². The molecule has 0 aliphatic carbocycles. The van der Waals surface area contributed by atoms with Gasteiger partial charge in [0.1, 0.15) is 11.3 Å². The zero-order valence-corrected chi connectivity index (χ0v) is 12.4. The Morgan fingerprint density at radius 2 is 2.00 bits per heavy atom. The zero-order valence-electron chi connectivity index (χ0n) is 12.4. The van der Waals surface area contributed by atoms with Gasteiger partial charge in [0.05, 0.1) is 6.33 Å². The summed E-state index contributed by atoms with van der Waals surface area (Å²) in [6, 6.07) is 5.74. The molecule has 1 aromatic heterocycles. The number of para-hydroxylation sites is 1. The first-order valence-corrected chi connectivity index (χ1v) is 6.68. The highest BCUT2D eigenvalue weighted by Crippen LogP contribution is 2.28. The number of aliphatic hydroxyl groups excluding tert-OH is 1. The van der Waals surface area contributed by atoms with Crippen molar-refractivity contribution in [3.63, 3.8) is 0 Å². The van der Waals surface area contributed by atoms with Crippen molar-refractivity contribution in [2.24, 2.45) is 7.05 Å².